The van der Waals surface area contributed by atoms with Gasteiger partial charge in [0, 0.05) is 12.5 Å². The third kappa shape index (κ3) is 2.41. The molecule has 1 unspecified atom stereocenters. The number of hydrogen-bond acceptors (Lipinski definition) is 4. The number of hydrogen-bond donors (Lipinski definition) is 1. The Morgan fingerprint density at radius 3 is 2.80 bits per heavy atom. The van der Waals surface area contributed by atoms with E-state index in [-0.39, 0.29) is 6.04 Å². The fraction of sp³-hybridized carbons (Fsp3) is 0.267. The summed E-state index contributed by atoms with van der Waals surface area (Å²) in [6, 6.07) is 11.1. The predicted molar refractivity (Wildman–Crippen MR) is 78.5 cm³/mol. The van der Waals surface area contributed by atoms with Gasteiger partial charge in [0.1, 0.15) is 0 Å². The van der Waals surface area contributed by atoms with Crippen molar-refractivity contribution in [2.75, 3.05) is 11.6 Å². The van der Waals surface area contributed by atoms with Crippen molar-refractivity contribution >= 4 is 15.5 Å². The van der Waals surface area contributed by atoms with Crippen molar-refractivity contribution < 1.29 is 8.42 Å². The zero-order valence-electron chi connectivity index (χ0n) is 11.2. The topological polar surface area (TPSA) is 59.1 Å². The minimum atomic E-state index is -3.24. The summed E-state index contributed by atoms with van der Waals surface area (Å²) in [5.74, 6) is 0. The molecule has 2 aromatic rings. The highest BCUT2D eigenvalue weighted by atomic mass is 32.2. The number of rotatable bonds is 3. The van der Waals surface area contributed by atoms with Crippen LogP contribution in [0.5, 0.6) is 0 Å². The second kappa shape index (κ2) is 4.90. The molecule has 0 aliphatic heterocycles. The Hall–Kier alpha value is -1.88. The fourth-order valence-electron chi connectivity index (χ4n) is 2.65. The molecule has 0 saturated carbocycles. The molecule has 4 nitrogen and oxygen atoms in total. The Kier molecular flexibility index (Phi) is 3.22. The second-order valence-corrected chi connectivity index (χ2v) is 7.04. The third-order valence-corrected chi connectivity index (χ3v) is 4.73. The first kappa shape index (κ1) is 13.1. The molecule has 1 atom stereocenters. The summed E-state index contributed by atoms with van der Waals surface area (Å²) in [4.78, 5) is 4.75. The number of nitrogens with zero attached hydrogens (tertiary/aromatic N) is 1. The molecule has 104 valence electrons. The van der Waals surface area contributed by atoms with E-state index in [0.717, 1.165) is 18.5 Å². The van der Waals surface area contributed by atoms with Crippen molar-refractivity contribution in [3.8, 4) is 0 Å². The number of anilines is 1. The molecule has 20 heavy (non-hydrogen) atoms. The number of aromatic nitrogens is 1. The van der Waals surface area contributed by atoms with Crippen LogP contribution in [0.2, 0.25) is 0 Å². The lowest BCUT2D eigenvalue weighted by molar-refractivity contribution is 0.602. The lowest BCUT2D eigenvalue weighted by Crippen LogP contribution is -2.11. The maximum absolute atomic E-state index is 11.8. The van der Waals surface area contributed by atoms with Crippen LogP contribution in [0, 0.1) is 0 Å². The van der Waals surface area contributed by atoms with Gasteiger partial charge in [0.25, 0.3) is 0 Å². The Labute approximate surface area is 118 Å². The minimum Gasteiger partial charge on any atom is -0.376 e. The van der Waals surface area contributed by atoms with Gasteiger partial charge in [-0.1, -0.05) is 18.2 Å². The van der Waals surface area contributed by atoms with Crippen molar-refractivity contribution in [1.82, 2.24) is 4.98 Å². The van der Waals surface area contributed by atoms with Gasteiger partial charge >= 0.3 is 0 Å². The van der Waals surface area contributed by atoms with E-state index < -0.39 is 9.84 Å². The van der Waals surface area contributed by atoms with E-state index >= 15 is 0 Å². The molecular weight excluding hydrogens is 272 g/mol. The van der Waals surface area contributed by atoms with Crippen LogP contribution in [0.4, 0.5) is 5.69 Å². The van der Waals surface area contributed by atoms with Crippen LogP contribution >= 0.6 is 0 Å². The number of benzene rings is 1. The lowest BCUT2D eigenvalue weighted by Gasteiger charge is -2.17. The smallest absolute Gasteiger partial charge is 0.177 e. The maximum atomic E-state index is 11.8. The highest BCUT2D eigenvalue weighted by molar-refractivity contribution is 7.90. The van der Waals surface area contributed by atoms with E-state index in [1.165, 1.54) is 11.8 Å². The van der Waals surface area contributed by atoms with Crippen LogP contribution in [0.1, 0.15) is 23.7 Å². The van der Waals surface area contributed by atoms with Crippen LogP contribution < -0.4 is 5.32 Å². The molecule has 0 radical (unpaired) electrons. The largest absolute Gasteiger partial charge is 0.376 e. The summed E-state index contributed by atoms with van der Waals surface area (Å²) in [5.41, 5.74) is 2.91. The highest BCUT2D eigenvalue weighted by Gasteiger charge is 2.24. The summed E-state index contributed by atoms with van der Waals surface area (Å²) in [6.07, 6.45) is 4.92. The first-order valence-corrected chi connectivity index (χ1v) is 8.44. The molecule has 0 spiro atoms. The van der Waals surface area contributed by atoms with Gasteiger partial charge in [0.15, 0.2) is 9.84 Å². The Bertz CT molecular complexity index is 741. The van der Waals surface area contributed by atoms with Gasteiger partial charge in [-0.25, -0.2) is 8.42 Å². The summed E-state index contributed by atoms with van der Waals surface area (Å²) >= 11 is 0. The molecule has 5 heteroatoms. The normalized spacial score (nSPS) is 17.8. The molecule has 1 aliphatic carbocycles. The van der Waals surface area contributed by atoms with Gasteiger partial charge in [0.2, 0.25) is 0 Å². The molecule has 3 rings (SSSR count). The van der Waals surface area contributed by atoms with Crippen molar-refractivity contribution in [2.45, 2.75) is 23.8 Å². The van der Waals surface area contributed by atoms with Gasteiger partial charge in [0.05, 0.1) is 22.3 Å². The maximum Gasteiger partial charge on any atom is 0.177 e. The molecule has 1 heterocycles. The molecule has 1 aliphatic rings. The predicted octanol–water partition coefficient (Wildman–Crippen LogP) is 2.58. The third-order valence-electron chi connectivity index (χ3n) is 3.57. The molecule has 1 N–H and O–H groups in total. The van der Waals surface area contributed by atoms with Crippen LogP contribution in [0.25, 0.3) is 0 Å². The molecule has 0 amide bonds. The van der Waals surface area contributed by atoms with E-state index in [1.807, 2.05) is 12.1 Å². The molecule has 0 bridgehead atoms. The zero-order valence-corrected chi connectivity index (χ0v) is 12.0. The fourth-order valence-corrected chi connectivity index (χ4v) is 3.50. The van der Waals surface area contributed by atoms with Crippen molar-refractivity contribution in [1.29, 1.82) is 0 Å². The number of para-hydroxylation sites is 1. The van der Waals surface area contributed by atoms with E-state index in [1.54, 1.807) is 24.4 Å². The van der Waals surface area contributed by atoms with E-state index in [9.17, 15) is 8.42 Å². The monoisotopic (exact) mass is 288 g/mol. The zero-order chi connectivity index (χ0) is 14.2. The SMILES string of the molecule is CS(=O)(=O)c1ccccc1NC1CCc2cccnc21. The van der Waals surface area contributed by atoms with Crippen molar-refractivity contribution in [3.63, 3.8) is 0 Å². The number of aryl methyl sites for hydroxylation is 1. The summed E-state index contributed by atoms with van der Waals surface area (Å²) < 4.78 is 23.6. The minimum absolute atomic E-state index is 0.0779. The van der Waals surface area contributed by atoms with Gasteiger partial charge in [-0.3, -0.25) is 4.98 Å². The Morgan fingerprint density at radius 1 is 1.20 bits per heavy atom. The molecule has 0 saturated heterocycles. The average Bonchev–Trinajstić information content (AvgIpc) is 2.82. The number of sulfone groups is 1. The Balaban J connectivity index is 1.94. The standard InChI is InChI=1S/C15H16N2O2S/c1-20(18,19)14-7-3-2-6-12(14)17-13-9-8-11-5-4-10-16-15(11)13/h2-7,10,13,17H,8-9H2,1H3. The first-order valence-electron chi connectivity index (χ1n) is 6.55. The summed E-state index contributed by atoms with van der Waals surface area (Å²) in [5, 5.41) is 3.33. The first-order chi connectivity index (χ1) is 9.55. The number of fused-ring (bicyclic) bond motifs is 1. The highest BCUT2D eigenvalue weighted by Crippen LogP contribution is 2.33. The van der Waals surface area contributed by atoms with Gasteiger partial charge in [-0.15, -0.1) is 0 Å². The van der Waals surface area contributed by atoms with Crippen LogP contribution in [0.3, 0.4) is 0 Å². The van der Waals surface area contributed by atoms with Crippen LogP contribution in [-0.2, 0) is 16.3 Å². The van der Waals surface area contributed by atoms with Crippen LogP contribution in [-0.4, -0.2) is 19.7 Å². The molecule has 1 aromatic carbocycles. The Morgan fingerprint density at radius 2 is 2.00 bits per heavy atom. The summed E-state index contributed by atoms with van der Waals surface area (Å²) in [7, 11) is -3.24. The summed E-state index contributed by atoms with van der Waals surface area (Å²) in [6.45, 7) is 0. The second-order valence-electron chi connectivity index (χ2n) is 5.05. The molecule has 0 fully saturated rings. The van der Waals surface area contributed by atoms with E-state index in [0.29, 0.717) is 10.6 Å². The van der Waals surface area contributed by atoms with Crippen LogP contribution in [0.15, 0.2) is 47.5 Å². The molecular formula is C15H16N2O2S. The molecule has 1 aromatic heterocycles. The lowest BCUT2D eigenvalue weighted by atomic mass is 10.2. The van der Waals surface area contributed by atoms with E-state index in [4.69, 9.17) is 0 Å². The average molecular weight is 288 g/mol. The van der Waals surface area contributed by atoms with E-state index in [2.05, 4.69) is 16.4 Å². The quantitative estimate of drug-likeness (QED) is 0.943. The van der Waals surface area contributed by atoms with Gasteiger partial charge in [-0.05, 0) is 36.6 Å². The number of nitrogens with one attached hydrogen (secondary N) is 1. The van der Waals surface area contributed by atoms with Crippen molar-refractivity contribution in [3.05, 3.63) is 53.9 Å². The number of pyridine rings is 1. The van der Waals surface area contributed by atoms with Gasteiger partial charge < -0.3 is 5.32 Å². The van der Waals surface area contributed by atoms with Gasteiger partial charge in [-0.2, -0.15) is 0 Å². The van der Waals surface area contributed by atoms with Crippen molar-refractivity contribution in [2.24, 2.45) is 0 Å².